The summed E-state index contributed by atoms with van der Waals surface area (Å²) in [6, 6.07) is 6.56. The van der Waals surface area contributed by atoms with Gasteiger partial charge < -0.3 is 20.0 Å². The van der Waals surface area contributed by atoms with Gasteiger partial charge >= 0.3 is 5.97 Å². The molecule has 0 atom stereocenters. The minimum absolute atomic E-state index is 0.137. The summed E-state index contributed by atoms with van der Waals surface area (Å²) in [4.78, 5) is 14.5. The van der Waals surface area contributed by atoms with Gasteiger partial charge in [-0.1, -0.05) is 0 Å². The molecule has 2 rings (SSSR count). The molecule has 0 aliphatic heterocycles. The Morgan fingerprint density at radius 3 is 2.59 bits per heavy atom. The van der Waals surface area contributed by atoms with Crippen molar-refractivity contribution in [3.63, 3.8) is 0 Å². The number of carbonyl (C=O) groups is 1. The lowest BCUT2D eigenvalue weighted by atomic mass is 10.1. The van der Waals surface area contributed by atoms with Gasteiger partial charge in [-0.3, -0.25) is 0 Å². The maximum absolute atomic E-state index is 10.9. The number of ether oxygens (including phenoxy) is 1. The molecule has 3 N–H and O–H groups in total. The number of nitrogen functional groups attached to an aromatic ring is 1. The largest absolute Gasteiger partial charge is 0.497 e. The normalized spacial score (nSPS) is 10.2. The molecule has 6 nitrogen and oxygen atoms in total. The first-order valence-corrected chi connectivity index (χ1v) is 4.76. The standard InChI is InChI=1S/C11H10N2O4/c1-16-7-4-2-6(3-5-7)9-8(10(14)15)13-11(12)17-9/h2-5H,1H3,(H2,12,13)(H,14,15). The van der Waals surface area contributed by atoms with Crippen LogP contribution in [0.4, 0.5) is 6.01 Å². The molecular weight excluding hydrogens is 224 g/mol. The predicted octanol–water partition coefficient (Wildman–Crippen LogP) is 1.63. The SMILES string of the molecule is COc1ccc(-c2oc(N)nc2C(=O)O)cc1. The molecule has 6 heteroatoms. The van der Waals surface area contributed by atoms with Gasteiger partial charge in [0, 0.05) is 5.56 Å². The average molecular weight is 234 g/mol. The Kier molecular flexibility index (Phi) is 2.70. The van der Waals surface area contributed by atoms with Gasteiger partial charge in [-0.2, -0.15) is 4.98 Å². The summed E-state index contributed by atoms with van der Waals surface area (Å²) < 4.78 is 10.1. The van der Waals surface area contributed by atoms with Crippen LogP contribution in [-0.4, -0.2) is 23.2 Å². The fourth-order valence-electron chi connectivity index (χ4n) is 1.42. The van der Waals surface area contributed by atoms with E-state index in [-0.39, 0.29) is 17.5 Å². The summed E-state index contributed by atoms with van der Waals surface area (Å²) in [5, 5.41) is 8.94. The van der Waals surface area contributed by atoms with Crippen molar-refractivity contribution in [2.75, 3.05) is 12.8 Å². The second kappa shape index (κ2) is 4.17. The third-order valence-corrected chi connectivity index (χ3v) is 2.20. The van der Waals surface area contributed by atoms with Crippen LogP contribution < -0.4 is 10.5 Å². The molecule has 0 bridgehead atoms. The number of oxazole rings is 1. The van der Waals surface area contributed by atoms with Gasteiger partial charge in [-0.05, 0) is 24.3 Å². The summed E-state index contributed by atoms with van der Waals surface area (Å²) in [7, 11) is 1.55. The van der Waals surface area contributed by atoms with Crippen molar-refractivity contribution in [2.24, 2.45) is 0 Å². The van der Waals surface area contributed by atoms with Crippen LogP contribution in [0.25, 0.3) is 11.3 Å². The summed E-state index contributed by atoms with van der Waals surface area (Å²) in [6.07, 6.45) is 0. The van der Waals surface area contributed by atoms with Gasteiger partial charge in [-0.25, -0.2) is 4.79 Å². The van der Waals surface area contributed by atoms with Crippen LogP contribution in [0.3, 0.4) is 0 Å². The quantitative estimate of drug-likeness (QED) is 0.837. The van der Waals surface area contributed by atoms with Gasteiger partial charge in [0.2, 0.25) is 0 Å². The average Bonchev–Trinajstić information content (AvgIpc) is 2.72. The minimum atomic E-state index is -1.18. The molecule has 1 aromatic heterocycles. The molecular formula is C11H10N2O4. The van der Waals surface area contributed by atoms with Crippen LogP contribution in [0.2, 0.25) is 0 Å². The Bertz CT molecular complexity index is 545. The number of carboxylic acids is 1. The zero-order valence-corrected chi connectivity index (χ0v) is 9.01. The van der Waals surface area contributed by atoms with Crippen molar-refractivity contribution in [1.82, 2.24) is 4.98 Å². The summed E-state index contributed by atoms with van der Waals surface area (Å²) in [6.45, 7) is 0. The van der Waals surface area contributed by atoms with Crippen LogP contribution in [0.15, 0.2) is 28.7 Å². The highest BCUT2D eigenvalue weighted by Gasteiger charge is 2.19. The van der Waals surface area contributed by atoms with Crippen LogP contribution in [0.5, 0.6) is 5.75 Å². The monoisotopic (exact) mass is 234 g/mol. The maximum atomic E-state index is 10.9. The number of aromatic carboxylic acids is 1. The highest BCUT2D eigenvalue weighted by Crippen LogP contribution is 2.27. The van der Waals surface area contributed by atoms with Gasteiger partial charge in [0.15, 0.2) is 11.5 Å². The Morgan fingerprint density at radius 1 is 1.41 bits per heavy atom. The molecule has 0 aliphatic carbocycles. The fraction of sp³-hybridized carbons (Fsp3) is 0.0909. The van der Waals surface area contributed by atoms with Crippen molar-refractivity contribution in [3.05, 3.63) is 30.0 Å². The molecule has 0 saturated carbocycles. The number of nitrogens with zero attached hydrogens (tertiary/aromatic N) is 1. The van der Waals surface area contributed by atoms with Crippen molar-refractivity contribution in [2.45, 2.75) is 0 Å². The van der Waals surface area contributed by atoms with E-state index in [1.54, 1.807) is 31.4 Å². The zero-order chi connectivity index (χ0) is 12.4. The second-order valence-corrected chi connectivity index (χ2v) is 3.26. The molecule has 17 heavy (non-hydrogen) atoms. The first-order chi connectivity index (χ1) is 8.11. The first kappa shape index (κ1) is 11.0. The molecule has 2 aromatic rings. The number of benzene rings is 1. The first-order valence-electron chi connectivity index (χ1n) is 4.76. The Morgan fingerprint density at radius 2 is 2.06 bits per heavy atom. The van der Waals surface area contributed by atoms with E-state index in [4.69, 9.17) is 20.0 Å². The van der Waals surface area contributed by atoms with E-state index in [0.717, 1.165) is 0 Å². The number of carboxylic acid groups (broad SMARTS) is 1. The topological polar surface area (TPSA) is 98.6 Å². The molecule has 88 valence electrons. The zero-order valence-electron chi connectivity index (χ0n) is 9.01. The molecule has 0 unspecified atom stereocenters. The third kappa shape index (κ3) is 2.05. The molecule has 0 fully saturated rings. The fourth-order valence-corrected chi connectivity index (χ4v) is 1.42. The van der Waals surface area contributed by atoms with Gasteiger partial charge in [-0.15, -0.1) is 0 Å². The van der Waals surface area contributed by atoms with Crippen molar-refractivity contribution in [1.29, 1.82) is 0 Å². The number of methoxy groups -OCH3 is 1. The maximum Gasteiger partial charge on any atom is 0.358 e. The number of anilines is 1. The summed E-state index contributed by atoms with van der Waals surface area (Å²) in [5.41, 5.74) is 5.72. The van der Waals surface area contributed by atoms with E-state index < -0.39 is 5.97 Å². The van der Waals surface area contributed by atoms with E-state index in [2.05, 4.69) is 4.98 Å². The number of aromatic nitrogens is 1. The number of nitrogens with two attached hydrogens (primary N) is 1. The van der Waals surface area contributed by atoms with Gasteiger partial charge in [0.1, 0.15) is 5.75 Å². The van der Waals surface area contributed by atoms with E-state index in [1.165, 1.54) is 0 Å². The van der Waals surface area contributed by atoms with Crippen molar-refractivity contribution < 1.29 is 19.1 Å². The Labute approximate surface area is 96.6 Å². The van der Waals surface area contributed by atoms with Crippen LogP contribution in [-0.2, 0) is 0 Å². The van der Waals surface area contributed by atoms with E-state index in [1.807, 2.05) is 0 Å². The predicted molar refractivity (Wildman–Crippen MR) is 59.9 cm³/mol. The van der Waals surface area contributed by atoms with Crippen molar-refractivity contribution >= 4 is 12.0 Å². The number of hydrogen-bond acceptors (Lipinski definition) is 5. The molecule has 0 spiro atoms. The lowest BCUT2D eigenvalue weighted by Crippen LogP contribution is -1.99. The number of rotatable bonds is 3. The molecule has 0 amide bonds. The molecule has 1 heterocycles. The van der Waals surface area contributed by atoms with Gasteiger partial charge in [0.25, 0.3) is 6.01 Å². The summed E-state index contributed by atoms with van der Waals surface area (Å²) in [5.74, 6) is -0.382. The van der Waals surface area contributed by atoms with Crippen LogP contribution >= 0.6 is 0 Å². The second-order valence-electron chi connectivity index (χ2n) is 3.26. The molecule has 1 aromatic carbocycles. The van der Waals surface area contributed by atoms with Crippen molar-refractivity contribution in [3.8, 4) is 17.1 Å². The third-order valence-electron chi connectivity index (χ3n) is 2.20. The lowest BCUT2D eigenvalue weighted by molar-refractivity contribution is 0.0691. The van der Waals surface area contributed by atoms with E-state index in [9.17, 15) is 4.79 Å². The minimum Gasteiger partial charge on any atom is -0.497 e. The summed E-state index contributed by atoms with van der Waals surface area (Å²) >= 11 is 0. The van der Waals surface area contributed by atoms with E-state index >= 15 is 0 Å². The molecule has 0 aliphatic rings. The highest BCUT2D eigenvalue weighted by atomic mass is 16.5. The van der Waals surface area contributed by atoms with Gasteiger partial charge in [0.05, 0.1) is 7.11 Å². The Balaban J connectivity index is 2.48. The Hall–Kier alpha value is -2.50. The highest BCUT2D eigenvalue weighted by molar-refractivity contribution is 5.92. The van der Waals surface area contributed by atoms with E-state index in [0.29, 0.717) is 11.3 Å². The smallest absolute Gasteiger partial charge is 0.358 e. The lowest BCUT2D eigenvalue weighted by Gasteiger charge is -2.01. The molecule has 0 saturated heterocycles. The molecule has 0 radical (unpaired) electrons. The number of hydrogen-bond donors (Lipinski definition) is 2. The van der Waals surface area contributed by atoms with Crippen LogP contribution in [0, 0.1) is 0 Å². The van der Waals surface area contributed by atoms with Crippen LogP contribution in [0.1, 0.15) is 10.5 Å².